The summed E-state index contributed by atoms with van der Waals surface area (Å²) in [5.41, 5.74) is 3.07. The minimum atomic E-state index is -0.936. The summed E-state index contributed by atoms with van der Waals surface area (Å²) in [6, 6.07) is 22.6. The van der Waals surface area contributed by atoms with Gasteiger partial charge >= 0.3 is 12.0 Å². The normalized spacial score (nSPS) is 10.6. The Balaban J connectivity index is 1.69. The molecular formula is C24H18Cl2N4O3. The highest BCUT2D eigenvalue weighted by Crippen LogP contribution is 2.30. The molecule has 9 heteroatoms. The molecule has 0 aliphatic heterocycles. The van der Waals surface area contributed by atoms with Crippen molar-refractivity contribution in [2.24, 2.45) is 0 Å². The average molecular weight is 481 g/mol. The first kappa shape index (κ1) is 22.4. The number of anilines is 2. The number of nitrogens with zero attached hydrogens (tertiary/aromatic N) is 2. The van der Waals surface area contributed by atoms with Gasteiger partial charge in [0, 0.05) is 11.6 Å². The van der Waals surface area contributed by atoms with Gasteiger partial charge in [-0.1, -0.05) is 71.7 Å². The molecule has 4 aromatic rings. The first-order valence-electron chi connectivity index (χ1n) is 9.89. The zero-order valence-electron chi connectivity index (χ0n) is 17.1. The number of carboxylic acid groups (broad SMARTS) is 1. The van der Waals surface area contributed by atoms with Crippen molar-refractivity contribution in [1.29, 1.82) is 0 Å². The zero-order valence-corrected chi connectivity index (χ0v) is 18.6. The van der Waals surface area contributed by atoms with Crippen LogP contribution in [-0.2, 0) is 11.2 Å². The van der Waals surface area contributed by atoms with Crippen LogP contribution in [0.25, 0.3) is 16.9 Å². The van der Waals surface area contributed by atoms with E-state index in [4.69, 9.17) is 28.3 Å². The lowest BCUT2D eigenvalue weighted by molar-refractivity contribution is -0.136. The predicted molar refractivity (Wildman–Crippen MR) is 129 cm³/mol. The Morgan fingerprint density at radius 2 is 1.67 bits per heavy atom. The Labute approximate surface area is 199 Å². The molecule has 0 aliphatic rings. The Morgan fingerprint density at radius 3 is 2.42 bits per heavy atom. The number of carboxylic acids is 1. The van der Waals surface area contributed by atoms with Crippen molar-refractivity contribution in [3.8, 4) is 16.9 Å². The van der Waals surface area contributed by atoms with Crippen LogP contribution in [0.15, 0.2) is 78.9 Å². The van der Waals surface area contributed by atoms with Crippen molar-refractivity contribution < 1.29 is 14.7 Å². The van der Waals surface area contributed by atoms with Gasteiger partial charge in [-0.15, -0.1) is 0 Å². The molecule has 0 bridgehead atoms. The molecule has 2 amide bonds. The third-order valence-electron chi connectivity index (χ3n) is 4.73. The van der Waals surface area contributed by atoms with E-state index in [0.717, 1.165) is 5.56 Å². The summed E-state index contributed by atoms with van der Waals surface area (Å²) in [4.78, 5) is 23.9. The van der Waals surface area contributed by atoms with Gasteiger partial charge in [0.15, 0.2) is 0 Å². The summed E-state index contributed by atoms with van der Waals surface area (Å²) < 4.78 is 1.55. The Bertz CT molecular complexity index is 1320. The van der Waals surface area contributed by atoms with E-state index in [1.807, 2.05) is 30.3 Å². The largest absolute Gasteiger partial charge is 0.481 e. The van der Waals surface area contributed by atoms with Crippen LogP contribution in [0.4, 0.5) is 16.3 Å². The molecule has 0 spiro atoms. The first-order valence-corrected chi connectivity index (χ1v) is 10.6. The molecule has 0 saturated heterocycles. The lowest BCUT2D eigenvalue weighted by Crippen LogP contribution is -2.21. The van der Waals surface area contributed by atoms with E-state index in [1.165, 1.54) is 0 Å². The van der Waals surface area contributed by atoms with E-state index >= 15 is 0 Å². The molecule has 0 saturated carbocycles. The molecule has 0 unspecified atom stereocenters. The molecule has 166 valence electrons. The maximum absolute atomic E-state index is 12.7. The molecule has 0 atom stereocenters. The molecule has 0 fully saturated rings. The van der Waals surface area contributed by atoms with E-state index < -0.39 is 12.0 Å². The van der Waals surface area contributed by atoms with Gasteiger partial charge in [0.1, 0.15) is 5.82 Å². The zero-order chi connectivity index (χ0) is 23.4. The number of carbonyl (C=O) groups is 2. The van der Waals surface area contributed by atoms with Crippen molar-refractivity contribution in [2.75, 3.05) is 10.6 Å². The van der Waals surface area contributed by atoms with E-state index in [-0.39, 0.29) is 11.4 Å². The second-order valence-electron chi connectivity index (χ2n) is 7.11. The standard InChI is InChI=1S/C24H18Cl2N4O3/c25-18-10-5-11-19(23(18)26)27-24(33)28-21-14-20(16-7-2-1-3-8-16)29-30(21)17-9-4-6-15(12-17)13-22(31)32/h1-12,14H,13H2,(H,31,32)(H2,27,28,33). The minimum Gasteiger partial charge on any atom is -0.481 e. The fraction of sp³-hybridized carbons (Fsp3) is 0.0417. The smallest absolute Gasteiger partial charge is 0.324 e. The molecule has 1 aromatic heterocycles. The highest BCUT2D eigenvalue weighted by molar-refractivity contribution is 6.44. The third-order valence-corrected chi connectivity index (χ3v) is 5.55. The van der Waals surface area contributed by atoms with Crippen LogP contribution in [0.5, 0.6) is 0 Å². The van der Waals surface area contributed by atoms with Gasteiger partial charge < -0.3 is 10.4 Å². The van der Waals surface area contributed by atoms with Gasteiger partial charge in [0.25, 0.3) is 0 Å². The molecule has 7 nitrogen and oxygen atoms in total. The van der Waals surface area contributed by atoms with E-state index in [9.17, 15) is 9.59 Å². The van der Waals surface area contributed by atoms with Gasteiger partial charge in [-0.2, -0.15) is 5.10 Å². The number of nitrogens with one attached hydrogen (secondary N) is 2. The van der Waals surface area contributed by atoms with Crippen molar-refractivity contribution in [3.63, 3.8) is 0 Å². The summed E-state index contributed by atoms with van der Waals surface area (Å²) >= 11 is 12.2. The Hall–Kier alpha value is -3.81. The lowest BCUT2D eigenvalue weighted by Gasteiger charge is -2.12. The van der Waals surface area contributed by atoms with Crippen molar-refractivity contribution in [2.45, 2.75) is 6.42 Å². The average Bonchev–Trinajstić information content (AvgIpc) is 3.21. The fourth-order valence-electron chi connectivity index (χ4n) is 3.26. The van der Waals surface area contributed by atoms with E-state index in [2.05, 4.69) is 15.7 Å². The predicted octanol–water partition coefficient (Wildman–Crippen LogP) is 6.12. The Morgan fingerprint density at radius 1 is 0.909 bits per heavy atom. The van der Waals surface area contributed by atoms with Crippen LogP contribution in [0, 0.1) is 0 Å². The number of aromatic nitrogens is 2. The summed E-state index contributed by atoms with van der Waals surface area (Å²) in [5, 5.41) is 19.8. The third kappa shape index (κ3) is 5.34. The summed E-state index contributed by atoms with van der Waals surface area (Å²) in [7, 11) is 0. The van der Waals surface area contributed by atoms with Crippen LogP contribution in [-0.4, -0.2) is 26.9 Å². The van der Waals surface area contributed by atoms with Gasteiger partial charge in [-0.25, -0.2) is 9.48 Å². The van der Waals surface area contributed by atoms with Crippen LogP contribution in [0.1, 0.15) is 5.56 Å². The highest BCUT2D eigenvalue weighted by Gasteiger charge is 2.16. The SMILES string of the molecule is O=C(O)Cc1cccc(-n2nc(-c3ccccc3)cc2NC(=O)Nc2cccc(Cl)c2Cl)c1. The number of hydrogen-bond acceptors (Lipinski definition) is 3. The summed E-state index contributed by atoms with van der Waals surface area (Å²) in [6.45, 7) is 0. The van der Waals surface area contributed by atoms with Crippen LogP contribution in [0.2, 0.25) is 10.0 Å². The quantitative estimate of drug-likeness (QED) is 0.309. The van der Waals surface area contributed by atoms with Gasteiger partial charge in [-0.05, 0) is 29.8 Å². The topological polar surface area (TPSA) is 96.2 Å². The van der Waals surface area contributed by atoms with Crippen molar-refractivity contribution in [3.05, 3.63) is 94.5 Å². The maximum atomic E-state index is 12.7. The fourth-order valence-corrected chi connectivity index (χ4v) is 3.61. The lowest BCUT2D eigenvalue weighted by atomic mass is 10.1. The number of amides is 2. The number of hydrogen-bond donors (Lipinski definition) is 3. The highest BCUT2D eigenvalue weighted by atomic mass is 35.5. The summed E-state index contributed by atoms with van der Waals surface area (Å²) in [5.74, 6) is -0.550. The maximum Gasteiger partial charge on any atom is 0.324 e. The van der Waals surface area contributed by atoms with Crippen molar-refractivity contribution >= 4 is 46.7 Å². The molecule has 0 radical (unpaired) electrons. The van der Waals surface area contributed by atoms with Crippen LogP contribution >= 0.6 is 23.2 Å². The monoisotopic (exact) mass is 480 g/mol. The van der Waals surface area contributed by atoms with Gasteiger partial charge in [-0.3, -0.25) is 10.1 Å². The Kier molecular flexibility index (Phi) is 6.63. The summed E-state index contributed by atoms with van der Waals surface area (Å²) in [6.07, 6.45) is -0.128. The number of aliphatic carboxylic acids is 1. The molecule has 3 N–H and O–H groups in total. The second kappa shape index (κ2) is 9.77. The van der Waals surface area contributed by atoms with E-state index in [1.54, 1.807) is 53.2 Å². The molecular weight excluding hydrogens is 463 g/mol. The van der Waals surface area contributed by atoms with Gasteiger partial charge in [0.05, 0.1) is 33.5 Å². The van der Waals surface area contributed by atoms with Crippen LogP contribution < -0.4 is 10.6 Å². The van der Waals surface area contributed by atoms with E-state index in [0.29, 0.717) is 33.5 Å². The minimum absolute atomic E-state index is 0.128. The van der Waals surface area contributed by atoms with Crippen LogP contribution in [0.3, 0.4) is 0 Å². The number of halogens is 2. The number of rotatable bonds is 6. The molecule has 1 heterocycles. The second-order valence-corrected chi connectivity index (χ2v) is 7.90. The van der Waals surface area contributed by atoms with Crippen molar-refractivity contribution in [1.82, 2.24) is 9.78 Å². The molecule has 4 rings (SSSR count). The van der Waals surface area contributed by atoms with Gasteiger partial charge in [0.2, 0.25) is 0 Å². The molecule has 33 heavy (non-hydrogen) atoms. The molecule has 0 aliphatic carbocycles. The molecule has 3 aromatic carbocycles. The first-order chi connectivity index (χ1) is 15.9. The number of carbonyl (C=O) groups excluding carboxylic acids is 1. The number of benzene rings is 3. The number of urea groups is 1.